The Bertz CT molecular complexity index is 465. The molecule has 1 fully saturated rings. The average Bonchev–Trinajstić information content (AvgIpc) is 2.38. The van der Waals surface area contributed by atoms with Gasteiger partial charge in [-0.25, -0.2) is 0 Å². The van der Waals surface area contributed by atoms with Gasteiger partial charge in [-0.2, -0.15) is 5.26 Å². The van der Waals surface area contributed by atoms with E-state index >= 15 is 0 Å². The molecular formula is C13H15ClN2O2. The van der Waals surface area contributed by atoms with Crippen molar-refractivity contribution in [2.24, 2.45) is 0 Å². The smallest absolute Gasteiger partial charge is 0.0992 e. The molecule has 0 amide bonds. The van der Waals surface area contributed by atoms with Crippen LogP contribution in [-0.4, -0.2) is 30.5 Å². The van der Waals surface area contributed by atoms with E-state index < -0.39 is 5.60 Å². The highest BCUT2D eigenvalue weighted by Crippen LogP contribution is 2.26. The summed E-state index contributed by atoms with van der Waals surface area (Å²) in [5.41, 5.74) is 0.515. The van der Waals surface area contributed by atoms with Gasteiger partial charge >= 0.3 is 0 Å². The van der Waals surface area contributed by atoms with Gasteiger partial charge in [0.05, 0.1) is 27.9 Å². The van der Waals surface area contributed by atoms with Gasteiger partial charge in [0, 0.05) is 32.6 Å². The largest absolute Gasteiger partial charge is 0.388 e. The number of benzene rings is 1. The fourth-order valence-electron chi connectivity index (χ4n) is 1.92. The molecule has 0 radical (unpaired) electrons. The van der Waals surface area contributed by atoms with Crippen LogP contribution in [0.5, 0.6) is 0 Å². The van der Waals surface area contributed by atoms with Gasteiger partial charge in [0.15, 0.2) is 0 Å². The minimum absolute atomic E-state index is 0.433. The lowest BCUT2D eigenvalue weighted by Crippen LogP contribution is -2.42. The van der Waals surface area contributed by atoms with Crippen LogP contribution in [0.2, 0.25) is 5.02 Å². The van der Waals surface area contributed by atoms with Crippen molar-refractivity contribution >= 4 is 17.3 Å². The number of hydrogen-bond donors (Lipinski definition) is 2. The predicted octanol–water partition coefficient (Wildman–Crippen LogP) is 2.17. The predicted molar refractivity (Wildman–Crippen MR) is 69.7 cm³/mol. The molecule has 4 nitrogen and oxygen atoms in total. The molecular weight excluding hydrogens is 252 g/mol. The third kappa shape index (κ3) is 3.14. The number of ether oxygens (including phenoxy) is 1. The molecule has 0 aliphatic carbocycles. The van der Waals surface area contributed by atoms with Gasteiger partial charge in [0.1, 0.15) is 0 Å². The van der Waals surface area contributed by atoms with Gasteiger partial charge in [0.2, 0.25) is 0 Å². The maximum atomic E-state index is 10.3. The van der Waals surface area contributed by atoms with E-state index in [-0.39, 0.29) is 0 Å². The summed E-state index contributed by atoms with van der Waals surface area (Å²) in [5.74, 6) is 0. The van der Waals surface area contributed by atoms with Gasteiger partial charge < -0.3 is 15.2 Å². The molecule has 0 saturated carbocycles. The Morgan fingerprint density at radius 2 is 2.17 bits per heavy atom. The first-order valence-electron chi connectivity index (χ1n) is 5.87. The molecule has 96 valence electrons. The summed E-state index contributed by atoms with van der Waals surface area (Å²) in [4.78, 5) is 0. The Morgan fingerprint density at radius 3 is 2.78 bits per heavy atom. The Labute approximate surface area is 111 Å². The first kappa shape index (κ1) is 13.2. The second-order valence-corrected chi connectivity index (χ2v) is 4.90. The molecule has 0 atom stereocenters. The number of nitrogens with one attached hydrogen (secondary N) is 1. The van der Waals surface area contributed by atoms with E-state index in [0.29, 0.717) is 43.2 Å². The van der Waals surface area contributed by atoms with Crippen LogP contribution in [0.4, 0.5) is 5.69 Å². The van der Waals surface area contributed by atoms with Crippen LogP contribution in [0.3, 0.4) is 0 Å². The molecule has 1 saturated heterocycles. The van der Waals surface area contributed by atoms with Crippen molar-refractivity contribution in [3.05, 3.63) is 28.8 Å². The van der Waals surface area contributed by atoms with E-state index in [9.17, 15) is 5.11 Å². The number of anilines is 1. The first-order chi connectivity index (χ1) is 8.63. The highest BCUT2D eigenvalue weighted by molar-refractivity contribution is 6.33. The van der Waals surface area contributed by atoms with Crippen molar-refractivity contribution in [2.75, 3.05) is 25.1 Å². The molecule has 1 aromatic rings. The second kappa shape index (κ2) is 5.57. The fraction of sp³-hybridized carbons (Fsp3) is 0.462. The molecule has 1 aromatic carbocycles. The Kier molecular flexibility index (Phi) is 4.07. The number of hydrogen-bond acceptors (Lipinski definition) is 4. The first-order valence-corrected chi connectivity index (χ1v) is 6.24. The lowest BCUT2D eigenvalue weighted by atomic mass is 9.94. The molecule has 1 aliphatic heterocycles. The van der Waals surface area contributed by atoms with E-state index in [4.69, 9.17) is 21.6 Å². The van der Waals surface area contributed by atoms with Crippen molar-refractivity contribution < 1.29 is 9.84 Å². The summed E-state index contributed by atoms with van der Waals surface area (Å²) < 4.78 is 5.22. The molecule has 18 heavy (non-hydrogen) atoms. The lowest BCUT2D eigenvalue weighted by Gasteiger charge is -2.32. The molecule has 5 heteroatoms. The maximum absolute atomic E-state index is 10.3. The summed E-state index contributed by atoms with van der Waals surface area (Å²) >= 11 is 6.05. The average molecular weight is 267 g/mol. The topological polar surface area (TPSA) is 65.3 Å². The van der Waals surface area contributed by atoms with Crippen molar-refractivity contribution in [3.8, 4) is 6.07 Å². The van der Waals surface area contributed by atoms with Crippen molar-refractivity contribution in [3.63, 3.8) is 0 Å². The fourth-order valence-corrected chi connectivity index (χ4v) is 2.16. The van der Waals surface area contributed by atoms with Crippen LogP contribution in [0, 0.1) is 11.3 Å². The summed E-state index contributed by atoms with van der Waals surface area (Å²) in [6, 6.07) is 7.09. The van der Waals surface area contributed by atoms with Gasteiger partial charge in [-0.3, -0.25) is 0 Å². The molecule has 2 N–H and O–H groups in total. The molecule has 0 aromatic heterocycles. The Balaban J connectivity index is 2.00. The van der Waals surface area contributed by atoms with Crippen LogP contribution < -0.4 is 5.32 Å². The Morgan fingerprint density at radius 1 is 1.44 bits per heavy atom. The van der Waals surface area contributed by atoms with Gasteiger partial charge in [-0.15, -0.1) is 0 Å². The highest BCUT2D eigenvalue weighted by Gasteiger charge is 2.29. The van der Waals surface area contributed by atoms with Gasteiger partial charge in [0.25, 0.3) is 0 Å². The number of halogens is 1. The zero-order valence-corrected chi connectivity index (χ0v) is 10.7. The maximum Gasteiger partial charge on any atom is 0.0992 e. The number of nitrogens with zero attached hydrogens (tertiary/aromatic N) is 1. The van der Waals surface area contributed by atoms with E-state index in [1.165, 1.54) is 0 Å². The zero-order valence-electron chi connectivity index (χ0n) is 9.95. The van der Waals surface area contributed by atoms with Crippen molar-refractivity contribution in [2.45, 2.75) is 18.4 Å². The van der Waals surface area contributed by atoms with E-state index in [1.807, 2.05) is 6.07 Å². The lowest BCUT2D eigenvalue weighted by molar-refractivity contribution is -0.0543. The minimum atomic E-state index is -0.741. The SMILES string of the molecule is N#Cc1ccc(NCC2(O)CCOCC2)c(Cl)c1. The second-order valence-electron chi connectivity index (χ2n) is 4.50. The molecule has 1 heterocycles. The number of aliphatic hydroxyl groups is 1. The standard InChI is InChI=1S/C13H15ClN2O2/c14-11-7-10(8-15)1-2-12(11)16-9-13(17)3-5-18-6-4-13/h1-2,7,16-17H,3-6,9H2. The monoisotopic (exact) mass is 266 g/mol. The Hall–Kier alpha value is -1.28. The van der Waals surface area contributed by atoms with Crippen LogP contribution in [-0.2, 0) is 4.74 Å². The molecule has 0 bridgehead atoms. The van der Waals surface area contributed by atoms with Crippen LogP contribution >= 0.6 is 11.6 Å². The van der Waals surface area contributed by atoms with Gasteiger partial charge in [-0.05, 0) is 18.2 Å². The van der Waals surface area contributed by atoms with E-state index in [2.05, 4.69) is 5.32 Å². The normalized spacial score (nSPS) is 18.1. The van der Waals surface area contributed by atoms with Crippen molar-refractivity contribution in [1.82, 2.24) is 0 Å². The third-order valence-corrected chi connectivity index (χ3v) is 3.44. The van der Waals surface area contributed by atoms with Crippen molar-refractivity contribution in [1.29, 1.82) is 5.26 Å². The molecule has 2 rings (SSSR count). The number of nitriles is 1. The van der Waals surface area contributed by atoms with E-state index in [1.54, 1.807) is 18.2 Å². The summed E-state index contributed by atoms with van der Waals surface area (Å²) in [6.45, 7) is 1.60. The number of rotatable bonds is 3. The van der Waals surface area contributed by atoms with E-state index in [0.717, 1.165) is 5.69 Å². The zero-order chi connectivity index (χ0) is 13.0. The molecule has 0 spiro atoms. The summed E-state index contributed by atoms with van der Waals surface area (Å²) in [7, 11) is 0. The summed E-state index contributed by atoms with van der Waals surface area (Å²) in [6.07, 6.45) is 1.24. The summed E-state index contributed by atoms with van der Waals surface area (Å²) in [5, 5.41) is 22.6. The van der Waals surface area contributed by atoms with Crippen LogP contribution in [0.25, 0.3) is 0 Å². The van der Waals surface area contributed by atoms with Gasteiger partial charge in [-0.1, -0.05) is 11.6 Å². The minimum Gasteiger partial charge on any atom is -0.388 e. The van der Waals surface area contributed by atoms with Crippen LogP contribution in [0.15, 0.2) is 18.2 Å². The molecule has 1 aliphatic rings. The molecule has 0 unspecified atom stereocenters. The van der Waals surface area contributed by atoms with Crippen LogP contribution in [0.1, 0.15) is 18.4 Å². The highest BCUT2D eigenvalue weighted by atomic mass is 35.5. The third-order valence-electron chi connectivity index (χ3n) is 3.13. The quantitative estimate of drug-likeness (QED) is 0.880.